The summed E-state index contributed by atoms with van der Waals surface area (Å²) in [5.41, 5.74) is 2.05. The monoisotopic (exact) mass is 315 g/mol. The van der Waals surface area contributed by atoms with E-state index in [1.807, 2.05) is 4.90 Å². The zero-order valence-corrected chi connectivity index (χ0v) is 13.3. The number of aromatic nitrogens is 1. The Balaban J connectivity index is 1.59. The maximum Gasteiger partial charge on any atom is 0.419 e. The van der Waals surface area contributed by atoms with E-state index in [1.54, 1.807) is 25.2 Å². The molecule has 1 aromatic heterocycles. The average Bonchev–Trinajstić information content (AvgIpc) is 3.09. The number of rotatable bonds is 1. The van der Waals surface area contributed by atoms with Gasteiger partial charge in [-0.3, -0.25) is 9.36 Å². The van der Waals surface area contributed by atoms with Gasteiger partial charge in [-0.15, -0.1) is 0 Å². The fraction of sp³-hybridized carbons (Fsp3) is 0.529. The molecular weight excluding hydrogens is 294 g/mol. The molecule has 2 fully saturated rings. The van der Waals surface area contributed by atoms with Crippen LogP contribution in [-0.2, 0) is 7.05 Å². The molecule has 6 heteroatoms. The van der Waals surface area contributed by atoms with Crippen molar-refractivity contribution in [3.8, 4) is 0 Å². The lowest BCUT2D eigenvalue weighted by molar-refractivity contribution is 0.0764. The van der Waals surface area contributed by atoms with Crippen molar-refractivity contribution in [2.24, 2.45) is 12.5 Å². The second-order valence-corrected chi connectivity index (χ2v) is 6.87. The van der Waals surface area contributed by atoms with Gasteiger partial charge in [0.15, 0.2) is 5.58 Å². The molecule has 0 aliphatic carbocycles. The van der Waals surface area contributed by atoms with Crippen molar-refractivity contribution in [3.63, 3.8) is 0 Å². The number of likely N-dealkylation sites (tertiary alicyclic amines) is 1. The highest BCUT2D eigenvalue weighted by atomic mass is 16.4. The number of carbonyl (C=O) groups excluding carboxylic acids is 1. The molecule has 2 aromatic rings. The summed E-state index contributed by atoms with van der Waals surface area (Å²) in [6, 6.07) is 5.21. The van der Waals surface area contributed by atoms with E-state index in [-0.39, 0.29) is 11.3 Å². The van der Waals surface area contributed by atoms with Gasteiger partial charge in [0.2, 0.25) is 0 Å². The average molecular weight is 315 g/mol. The highest BCUT2D eigenvalue weighted by Gasteiger charge is 2.40. The Morgan fingerprint density at radius 1 is 1.35 bits per heavy atom. The second-order valence-electron chi connectivity index (χ2n) is 6.87. The summed E-state index contributed by atoms with van der Waals surface area (Å²) in [6.45, 7) is 3.72. The molecule has 1 spiro atoms. The second kappa shape index (κ2) is 5.23. The Kier molecular flexibility index (Phi) is 3.30. The molecule has 0 radical (unpaired) electrons. The molecule has 122 valence electrons. The van der Waals surface area contributed by atoms with Crippen LogP contribution in [0, 0.1) is 5.41 Å². The first-order valence-electron chi connectivity index (χ1n) is 8.18. The smallest absolute Gasteiger partial charge is 0.408 e. The Bertz CT molecular complexity index is 814. The van der Waals surface area contributed by atoms with Gasteiger partial charge in [-0.2, -0.15) is 0 Å². The zero-order valence-electron chi connectivity index (χ0n) is 13.3. The minimum atomic E-state index is -0.405. The van der Waals surface area contributed by atoms with Crippen molar-refractivity contribution in [1.82, 2.24) is 14.8 Å². The molecule has 6 nitrogen and oxygen atoms in total. The number of hydrogen-bond acceptors (Lipinski definition) is 4. The quantitative estimate of drug-likeness (QED) is 0.862. The lowest BCUT2D eigenvalue weighted by atomic mass is 9.80. The van der Waals surface area contributed by atoms with E-state index >= 15 is 0 Å². The Labute approximate surface area is 134 Å². The molecule has 4 rings (SSSR count). The first-order valence-corrected chi connectivity index (χ1v) is 8.18. The minimum Gasteiger partial charge on any atom is -0.408 e. The van der Waals surface area contributed by atoms with Crippen LogP contribution in [0.5, 0.6) is 0 Å². The lowest BCUT2D eigenvalue weighted by Crippen LogP contribution is -2.42. The van der Waals surface area contributed by atoms with Crippen LogP contribution >= 0.6 is 0 Å². The molecule has 1 aromatic carbocycles. The van der Waals surface area contributed by atoms with Gasteiger partial charge in [-0.25, -0.2) is 4.79 Å². The third kappa shape index (κ3) is 2.37. The topological polar surface area (TPSA) is 67.5 Å². The lowest BCUT2D eigenvalue weighted by Gasteiger charge is -2.33. The number of amides is 1. The van der Waals surface area contributed by atoms with Gasteiger partial charge in [0.1, 0.15) is 0 Å². The predicted molar refractivity (Wildman–Crippen MR) is 86.5 cm³/mol. The first kappa shape index (κ1) is 14.5. The van der Waals surface area contributed by atoms with Gasteiger partial charge in [0.25, 0.3) is 5.91 Å². The summed E-state index contributed by atoms with van der Waals surface area (Å²) in [7, 11) is 1.65. The number of nitrogens with zero attached hydrogens (tertiary/aromatic N) is 2. The molecule has 2 aliphatic rings. The fourth-order valence-corrected chi connectivity index (χ4v) is 3.93. The van der Waals surface area contributed by atoms with E-state index in [2.05, 4.69) is 5.32 Å². The minimum absolute atomic E-state index is 0.0444. The Morgan fingerprint density at radius 3 is 3.00 bits per heavy atom. The number of piperidine rings is 1. The van der Waals surface area contributed by atoms with E-state index in [9.17, 15) is 9.59 Å². The van der Waals surface area contributed by atoms with Crippen LogP contribution in [0.1, 0.15) is 29.6 Å². The van der Waals surface area contributed by atoms with Crippen LogP contribution in [0.3, 0.4) is 0 Å². The van der Waals surface area contributed by atoms with E-state index in [0.29, 0.717) is 16.7 Å². The maximum atomic E-state index is 12.8. The van der Waals surface area contributed by atoms with Crippen LogP contribution < -0.4 is 11.1 Å². The summed E-state index contributed by atoms with van der Waals surface area (Å²) < 4.78 is 6.56. The molecule has 0 saturated carbocycles. The third-order valence-corrected chi connectivity index (χ3v) is 5.32. The van der Waals surface area contributed by atoms with E-state index in [4.69, 9.17) is 4.42 Å². The molecule has 23 heavy (non-hydrogen) atoms. The van der Waals surface area contributed by atoms with Crippen LogP contribution in [0.2, 0.25) is 0 Å². The van der Waals surface area contributed by atoms with Gasteiger partial charge >= 0.3 is 5.76 Å². The predicted octanol–water partition coefficient (Wildman–Crippen LogP) is 1.35. The molecular formula is C17H21N3O3. The number of fused-ring (bicyclic) bond motifs is 1. The Morgan fingerprint density at radius 2 is 2.22 bits per heavy atom. The standard InChI is InChI=1S/C17H21N3O3/c1-19-13-9-12(3-4-14(13)23-16(19)22)15(21)20-8-6-17(11-20)5-2-7-18-10-17/h3-4,9,18H,2,5-8,10-11H2,1H3. The van der Waals surface area contributed by atoms with E-state index in [0.717, 1.165) is 32.6 Å². The highest BCUT2D eigenvalue weighted by Crippen LogP contribution is 2.37. The van der Waals surface area contributed by atoms with Crippen LogP contribution in [0.4, 0.5) is 0 Å². The third-order valence-electron chi connectivity index (χ3n) is 5.32. The van der Waals surface area contributed by atoms with Crippen LogP contribution in [-0.4, -0.2) is 41.6 Å². The summed E-state index contributed by atoms with van der Waals surface area (Å²) in [4.78, 5) is 26.3. The van der Waals surface area contributed by atoms with Gasteiger partial charge in [-0.1, -0.05) is 0 Å². The molecule has 2 saturated heterocycles. The summed E-state index contributed by atoms with van der Waals surface area (Å²) in [5.74, 6) is -0.360. The fourth-order valence-electron chi connectivity index (χ4n) is 3.93. The van der Waals surface area contributed by atoms with Gasteiger partial charge in [0, 0.05) is 37.7 Å². The van der Waals surface area contributed by atoms with Crippen molar-refractivity contribution in [3.05, 3.63) is 34.3 Å². The number of oxazole rings is 1. The van der Waals surface area contributed by atoms with Crippen LogP contribution in [0.25, 0.3) is 11.1 Å². The maximum absolute atomic E-state index is 12.8. The van der Waals surface area contributed by atoms with Gasteiger partial charge in [0.05, 0.1) is 5.52 Å². The molecule has 1 amide bonds. The number of aryl methyl sites for hydroxylation is 1. The van der Waals surface area contributed by atoms with Crippen molar-refractivity contribution in [1.29, 1.82) is 0 Å². The number of hydrogen-bond donors (Lipinski definition) is 1. The molecule has 3 heterocycles. The van der Waals surface area contributed by atoms with Crippen molar-refractivity contribution in [2.75, 3.05) is 26.2 Å². The normalized spacial score (nSPS) is 24.7. The summed E-state index contributed by atoms with van der Waals surface area (Å²) in [6.07, 6.45) is 3.45. The summed E-state index contributed by atoms with van der Waals surface area (Å²) in [5, 5.41) is 3.46. The Hall–Kier alpha value is -2.08. The first-order chi connectivity index (χ1) is 11.1. The summed E-state index contributed by atoms with van der Waals surface area (Å²) >= 11 is 0. The number of benzene rings is 1. The zero-order chi connectivity index (χ0) is 16.0. The van der Waals surface area contributed by atoms with Gasteiger partial charge < -0.3 is 14.6 Å². The molecule has 1 N–H and O–H groups in total. The van der Waals surface area contributed by atoms with Gasteiger partial charge in [-0.05, 0) is 44.0 Å². The van der Waals surface area contributed by atoms with E-state index < -0.39 is 5.76 Å². The molecule has 1 unspecified atom stereocenters. The van der Waals surface area contributed by atoms with Crippen molar-refractivity contribution in [2.45, 2.75) is 19.3 Å². The number of carbonyl (C=O) groups is 1. The van der Waals surface area contributed by atoms with Crippen LogP contribution in [0.15, 0.2) is 27.4 Å². The number of nitrogens with one attached hydrogen (secondary N) is 1. The molecule has 1 atom stereocenters. The molecule has 0 bridgehead atoms. The highest BCUT2D eigenvalue weighted by molar-refractivity contribution is 5.97. The SMILES string of the molecule is Cn1c(=O)oc2ccc(C(=O)N3CCC4(CCCNC4)C3)cc21. The van der Waals surface area contributed by atoms with Crippen molar-refractivity contribution < 1.29 is 9.21 Å². The van der Waals surface area contributed by atoms with Crippen molar-refractivity contribution >= 4 is 17.0 Å². The van der Waals surface area contributed by atoms with E-state index in [1.165, 1.54) is 17.4 Å². The molecule has 2 aliphatic heterocycles. The largest absolute Gasteiger partial charge is 0.419 e.